The highest BCUT2D eigenvalue weighted by Gasteiger charge is 2.42. The summed E-state index contributed by atoms with van der Waals surface area (Å²) in [6, 6.07) is 7.49. The van der Waals surface area contributed by atoms with Gasteiger partial charge in [0, 0.05) is 25.7 Å². The van der Waals surface area contributed by atoms with E-state index in [1.54, 1.807) is 30.7 Å². The van der Waals surface area contributed by atoms with Gasteiger partial charge in [0.05, 0.1) is 19.3 Å². The van der Waals surface area contributed by atoms with Gasteiger partial charge in [0.25, 0.3) is 5.91 Å². The zero-order chi connectivity index (χ0) is 18.8. The van der Waals surface area contributed by atoms with E-state index in [0.717, 1.165) is 11.3 Å². The summed E-state index contributed by atoms with van der Waals surface area (Å²) < 4.78 is 12.3. The number of likely N-dealkylation sites (tertiary alicyclic amines) is 1. The van der Waals surface area contributed by atoms with E-state index in [-0.39, 0.29) is 11.9 Å². The number of carbonyl (C=O) groups is 2. The Morgan fingerprint density at radius 3 is 2.54 bits per heavy atom. The van der Waals surface area contributed by atoms with Crippen LogP contribution in [0.2, 0.25) is 0 Å². The van der Waals surface area contributed by atoms with Crippen molar-refractivity contribution in [3.63, 3.8) is 0 Å². The van der Waals surface area contributed by atoms with E-state index < -0.39 is 12.1 Å². The van der Waals surface area contributed by atoms with Crippen LogP contribution in [-0.2, 0) is 16.6 Å². The summed E-state index contributed by atoms with van der Waals surface area (Å²) in [5.41, 5.74) is 2.09. The first kappa shape index (κ1) is 18.0. The minimum absolute atomic E-state index is 0.119. The van der Waals surface area contributed by atoms with Gasteiger partial charge in [-0.05, 0) is 31.5 Å². The van der Waals surface area contributed by atoms with Crippen LogP contribution < -0.4 is 4.74 Å². The minimum Gasteiger partial charge on any atom is -0.497 e. The Balaban J connectivity index is 1.78. The number of hydrogen-bond acceptors (Lipinski definition) is 5. The second-order valence-corrected chi connectivity index (χ2v) is 6.31. The molecule has 1 aliphatic rings. The maximum absolute atomic E-state index is 12.7. The van der Waals surface area contributed by atoms with Crippen LogP contribution in [0.15, 0.2) is 30.5 Å². The highest BCUT2D eigenvalue weighted by atomic mass is 16.5. The monoisotopic (exact) mass is 357 g/mol. The van der Waals surface area contributed by atoms with Gasteiger partial charge in [-0.1, -0.05) is 12.1 Å². The smallest absolute Gasteiger partial charge is 0.342 e. The van der Waals surface area contributed by atoms with Crippen molar-refractivity contribution in [3.8, 4) is 5.75 Å². The number of hydrogen-bond donors (Lipinski definition) is 0. The van der Waals surface area contributed by atoms with E-state index in [1.165, 1.54) is 6.20 Å². The van der Waals surface area contributed by atoms with Crippen molar-refractivity contribution in [1.29, 1.82) is 0 Å². The Labute approximate surface area is 152 Å². The molecule has 0 bridgehead atoms. The van der Waals surface area contributed by atoms with Crippen LogP contribution in [-0.4, -0.2) is 46.3 Å². The average molecular weight is 357 g/mol. The lowest BCUT2D eigenvalue weighted by Gasteiger charge is -2.23. The molecule has 138 valence electrons. The molecule has 1 aromatic carbocycles. The number of esters is 1. The molecule has 7 nitrogen and oxygen atoms in total. The highest BCUT2D eigenvalue weighted by Crippen LogP contribution is 2.35. The number of amides is 1. The lowest BCUT2D eigenvalue weighted by molar-refractivity contribution is -0.135. The Morgan fingerprint density at radius 2 is 2.00 bits per heavy atom. The molecule has 0 aliphatic carbocycles. The van der Waals surface area contributed by atoms with Crippen LogP contribution in [0.4, 0.5) is 0 Å². The third-order valence-corrected chi connectivity index (χ3v) is 4.92. The van der Waals surface area contributed by atoms with Crippen molar-refractivity contribution in [2.24, 2.45) is 7.05 Å². The average Bonchev–Trinajstić information content (AvgIpc) is 3.15. The van der Waals surface area contributed by atoms with Crippen LogP contribution in [0.25, 0.3) is 0 Å². The molecule has 0 saturated carbocycles. The molecule has 1 fully saturated rings. The third kappa shape index (κ3) is 3.16. The molecular formula is C19H23N3O4. The van der Waals surface area contributed by atoms with Crippen molar-refractivity contribution in [1.82, 2.24) is 14.7 Å². The SMILES string of the molecule is CCN1C(=O)[C@@H](OC(=O)c2cnn(C)c2C)C[C@H]1c1ccc(OC)cc1. The van der Waals surface area contributed by atoms with E-state index in [2.05, 4.69) is 5.10 Å². The molecule has 0 N–H and O–H groups in total. The van der Waals surface area contributed by atoms with Gasteiger partial charge in [-0.2, -0.15) is 5.10 Å². The van der Waals surface area contributed by atoms with Gasteiger partial charge in [-0.15, -0.1) is 0 Å². The van der Waals surface area contributed by atoms with Crippen LogP contribution >= 0.6 is 0 Å². The molecule has 0 radical (unpaired) electrons. The fourth-order valence-electron chi connectivity index (χ4n) is 3.28. The number of ether oxygens (including phenoxy) is 2. The zero-order valence-corrected chi connectivity index (χ0v) is 15.4. The Bertz CT molecular complexity index is 813. The van der Waals surface area contributed by atoms with Gasteiger partial charge in [0.2, 0.25) is 0 Å². The number of rotatable bonds is 5. The molecular weight excluding hydrogens is 334 g/mol. The summed E-state index contributed by atoms with van der Waals surface area (Å²) in [5, 5.41) is 4.05. The maximum atomic E-state index is 12.7. The molecule has 1 amide bonds. The van der Waals surface area contributed by atoms with Crippen LogP contribution in [0, 0.1) is 6.92 Å². The van der Waals surface area contributed by atoms with Gasteiger partial charge in [-0.3, -0.25) is 9.48 Å². The van der Waals surface area contributed by atoms with E-state index >= 15 is 0 Å². The summed E-state index contributed by atoms with van der Waals surface area (Å²) in [6.45, 7) is 4.26. The van der Waals surface area contributed by atoms with Gasteiger partial charge in [0.1, 0.15) is 11.3 Å². The lowest BCUT2D eigenvalue weighted by atomic mass is 10.0. The topological polar surface area (TPSA) is 73.7 Å². The molecule has 2 atom stereocenters. The highest BCUT2D eigenvalue weighted by molar-refractivity contribution is 5.93. The first-order valence-corrected chi connectivity index (χ1v) is 8.60. The lowest BCUT2D eigenvalue weighted by Crippen LogP contribution is -2.32. The number of carbonyl (C=O) groups excluding carboxylic acids is 2. The first-order valence-electron chi connectivity index (χ1n) is 8.60. The predicted molar refractivity (Wildman–Crippen MR) is 94.9 cm³/mol. The number of nitrogens with zero attached hydrogens (tertiary/aromatic N) is 3. The van der Waals surface area contributed by atoms with Crippen molar-refractivity contribution >= 4 is 11.9 Å². The molecule has 3 rings (SSSR count). The van der Waals surface area contributed by atoms with Crippen LogP contribution in [0.5, 0.6) is 5.75 Å². The second-order valence-electron chi connectivity index (χ2n) is 6.31. The fourth-order valence-corrected chi connectivity index (χ4v) is 3.28. The number of aryl methyl sites for hydroxylation is 1. The van der Waals surface area contributed by atoms with Gasteiger partial charge < -0.3 is 14.4 Å². The van der Waals surface area contributed by atoms with Gasteiger partial charge in [0.15, 0.2) is 6.10 Å². The van der Waals surface area contributed by atoms with E-state index in [1.807, 2.05) is 31.2 Å². The van der Waals surface area contributed by atoms with Crippen molar-refractivity contribution < 1.29 is 19.1 Å². The van der Waals surface area contributed by atoms with E-state index in [0.29, 0.717) is 24.2 Å². The first-order chi connectivity index (χ1) is 12.5. The zero-order valence-electron chi connectivity index (χ0n) is 15.4. The molecule has 1 aliphatic heterocycles. The molecule has 0 spiro atoms. The summed E-state index contributed by atoms with van der Waals surface area (Å²) in [6.07, 6.45) is 1.12. The Morgan fingerprint density at radius 1 is 1.31 bits per heavy atom. The number of aromatic nitrogens is 2. The molecule has 1 saturated heterocycles. The molecule has 2 heterocycles. The maximum Gasteiger partial charge on any atom is 0.342 e. The summed E-state index contributed by atoms with van der Waals surface area (Å²) in [4.78, 5) is 26.9. The normalized spacial score (nSPS) is 19.7. The molecule has 26 heavy (non-hydrogen) atoms. The van der Waals surface area contributed by atoms with Crippen molar-refractivity contribution in [3.05, 3.63) is 47.3 Å². The Kier molecular flexibility index (Phi) is 4.97. The van der Waals surface area contributed by atoms with Gasteiger partial charge in [-0.25, -0.2) is 4.79 Å². The number of benzene rings is 1. The fraction of sp³-hybridized carbons (Fsp3) is 0.421. The summed E-state index contributed by atoms with van der Waals surface area (Å²) in [5.74, 6) is 0.0831. The Hall–Kier alpha value is -2.83. The van der Waals surface area contributed by atoms with Crippen molar-refractivity contribution in [2.45, 2.75) is 32.4 Å². The molecule has 1 aromatic heterocycles. The second kappa shape index (κ2) is 7.19. The van der Waals surface area contributed by atoms with E-state index in [9.17, 15) is 9.59 Å². The summed E-state index contributed by atoms with van der Waals surface area (Å²) >= 11 is 0. The number of methoxy groups -OCH3 is 1. The van der Waals surface area contributed by atoms with Crippen LogP contribution in [0.1, 0.15) is 41.0 Å². The predicted octanol–water partition coefficient (Wildman–Crippen LogP) is 2.26. The third-order valence-electron chi connectivity index (χ3n) is 4.92. The minimum atomic E-state index is -0.783. The molecule has 7 heteroatoms. The largest absolute Gasteiger partial charge is 0.497 e. The molecule has 0 unspecified atom stereocenters. The van der Waals surface area contributed by atoms with Crippen molar-refractivity contribution in [2.75, 3.05) is 13.7 Å². The van der Waals surface area contributed by atoms with Crippen LogP contribution in [0.3, 0.4) is 0 Å². The quantitative estimate of drug-likeness (QED) is 0.768. The summed E-state index contributed by atoms with van der Waals surface area (Å²) in [7, 11) is 3.37. The number of likely N-dealkylation sites (N-methyl/N-ethyl adjacent to an activating group) is 1. The van der Waals surface area contributed by atoms with E-state index in [4.69, 9.17) is 9.47 Å². The van der Waals surface area contributed by atoms with Gasteiger partial charge >= 0.3 is 5.97 Å². The standard InChI is InChI=1S/C19H23N3O4/c1-5-22-16(13-6-8-14(25-4)9-7-13)10-17(18(22)23)26-19(24)15-11-20-21(3)12(15)2/h6-9,11,16-17H,5,10H2,1-4H3/t16-,17-/m0/s1. The molecule has 2 aromatic rings.